The molecule has 1 saturated heterocycles. The summed E-state index contributed by atoms with van der Waals surface area (Å²) in [5.74, 6) is 2.72. The number of aromatic nitrogens is 3. The zero-order valence-electron chi connectivity index (χ0n) is 17.8. The summed E-state index contributed by atoms with van der Waals surface area (Å²) in [7, 11) is 0. The maximum absolute atomic E-state index is 11.5. The second-order valence-electron chi connectivity index (χ2n) is 8.93. The predicted molar refractivity (Wildman–Crippen MR) is 128 cm³/mol. The lowest BCUT2D eigenvalue weighted by atomic mass is 9.91. The van der Waals surface area contributed by atoms with Crippen molar-refractivity contribution in [3.63, 3.8) is 0 Å². The molecule has 3 heterocycles. The average molecular weight is 440 g/mol. The monoisotopic (exact) mass is 439 g/mol. The molecule has 1 aromatic carbocycles. The van der Waals surface area contributed by atoms with Gasteiger partial charge in [0.1, 0.15) is 16.0 Å². The molecule has 158 valence electrons. The Hall–Kier alpha value is -1.76. The topological polar surface area (TPSA) is 61.8 Å². The zero-order chi connectivity index (χ0) is 21.2. The summed E-state index contributed by atoms with van der Waals surface area (Å²) >= 11 is 3.66. The van der Waals surface area contributed by atoms with Gasteiger partial charge in [-0.15, -0.1) is 23.5 Å². The molecule has 2 N–H and O–H groups in total. The van der Waals surface area contributed by atoms with Crippen molar-refractivity contribution in [1.29, 1.82) is 0 Å². The number of aliphatic hydroxyl groups excluding tert-OH is 1. The number of nitrogens with one attached hydrogen (secondary N) is 1. The highest BCUT2D eigenvalue weighted by atomic mass is 32.2. The second-order valence-corrected chi connectivity index (χ2v) is 11.9. The van der Waals surface area contributed by atoms with Crippen LogP contribution in [0.4, 0.5) is 0 Å². The summed E-state index contributed by atoms with van der Waals surface area (Å²) < 4.78 is -0.461. The molecule has 4 rings (SSSR count). The highest BCUT2D eigenvalue weighted by Crippen LogP contribution is 2.57. The van der Waals surface area contributed by atoms with Gasteiger partial charge in [0.25, 0.3) is 0 Å². The van der Waals surface area contributed by atoms with E-state index in [1.54, 1.807) is 0 Å². The molecule has 1 unspecified atom stereocenters. The molecule has 1 aliphatic heterocycles. The predicted octanol–water partition coefficient (Wildman–Crippen LogP) is 5.82. The molecule has 0 spiro atoms. The van der Waals surface area contributed by atoms with E-state index in [0.29, 0.717) is 5.82 Å². The summed E-state index contributed by atoms with van der Waals surface area (Å²) in [5, 5.41) is 11.5. The third-order valence-corrected chi connectivity index (χ3v) is 8.62. The second kappa shape index (κ2) is 8.77. The Balaban J connectivity index is 1.64. The van der Waals surface area contributed by atoms with Gasteiger partial charge < -0.3 is 10.1 Å². The summed E-state index contributed by atoms with van der Waals surface area (Å²) in [6.45, 7) is 6.61. The smallest absolute Gasteiger partial charge is 0.139 e. The third kappa shape index (κ3) is 4.61. The number of aliphatic hydroxyl groups is 1. The summed E-state index contributed by atoms with van der Waals surface area (Å²) in [4.78, 5) is 12.5. The van der Waals surface area contributed by atoms with E-state index < -0.39 is 10.2 Å². The van der Waals surface area contributed by atoms with E-state index in [-0.39, 0.29) is 5.41 Å². The lowest BCUT2D eigenvalue weighted by Gasteiger charge is -2.39. The largest absolute Gasteiger partial charge is 0.382 e. The maximum Gasteiger partial charge on any atom is 0.139 e. The van der Waals surface area contributed by atoms with E-state index >= 15 is 0 Å². The molecule has 1 fully saturated rings. The Morgan fingerprint density at radius 3 is 2.47 bits per heavy atom. The van der Waals surface area contributed by atoms with Gasteiger partial charge in [0.05, 0.1) is 11.4 Å². The van der Waals surface area contributed by atoms with Crippen LogP contribution in [0.5, 0.6) is 0 Å². The van der Waals surface area contributed by atoms with Gasteiger partial charge in [-0.05, 0) is 47.5 Å². The molecule has 30 heavy (non-hydrogen) atoms. The fourth-order valence-corrected chi connectivity index (χ4v) is 7.11. The number of H-pyrrole nitrogens is 1. The van der Waals surface area contributed by atoms with Gasteiger partial charge in [-0.1, -0.05) is 51.1 Å². The zero-order valence-corrected chi connectivity index (χ0v) is 19.4. The van der Waals surface area contributed by atoms with E-state index in [2.05, 4.69) is 55.0 Å². The van der Waals surface area contributed by atoms with Crippen molar-refractivity contribution in [3.05, 3.63) is 71.9 Å². The van der Waals surface area contributed by atoms with Gasteiger partial charge in [-0.3, -0.25) is 4.98 Å². The molecular formula is C24H29N3OS2. The van der Waals surface area contributed by atoms with Crippen LogP contribution in [-0.4, -0.2) is 31.6 Å². The number of nitrogens with zero attached hydrogens (tertiary/aromatic N) is 2. The first-order valence-corrected chi connectivity index (χ1v) is 12.4. The molecule has 0 amide bonds. The van der Waals surface area contributed by atoms with Crippen molar-refractivity contribution in [3.8, 4) is 11.3 Å². The van der Waals surface area contributed by atoms with Crippen LogP contribution in [0.3, 0.4) is 0 Å². The Morgan fingerprint density at radius 2 is 1.83 bits per heavy atom. The van der Waals surface area contributed by atoms with Crippen LogP contribution < -0.4 is 0 Å². The van der Waals surface area contributed by atoms with Crippen LogP contribution in [-0.2, 0) is 10.5 Å². The number of aromatic amines is 1. The van der Waals surface area contributed by atoms with Crippen LogP contribution in [0.1, 0.15) is 50.4 Å². The number of pyridine rings is 1. The SMILES string of the molecule is CC(C)(C)Cc1c[nH]c(C(O)C2(c3ccc(-c4ccccn4)cc3)SCCCS2)n1. The molecule has 0 aliphatic carbocycles. The van der Waals surface area contributed by atoms with Gasteiger partial charge in [0.15, 0.2) is 0 Å². The van der Waals surface area contributed by atoms with Crippen molar-refractivity contribution < 1.29 is 5.11 Å². The molecular weight excluding hydrogens is 410 g/mol. The van der Waals surface area contributed by atoms with E-state index in [4.69, 9.17) is 4.98 Å². The Morgan fingerprint density at radius 1 is 1.10 bits per heavy atom. The van der Waals surface area contributed by atoms with Crippen molar-refractivity contribution in [2.24, 2.45) is 5.41 Å². The molecule has 1 aliphatic rings. The van der Waals surface area contributed by atoms with Gasteiger partial charge in [-0.2, -0.15) is 0 Å². The first-order valence-electron chi connectivity index (χ1n) is 10.4. The lowest BCUT2D eigenvalue weighted by molar-refractivity contribution is 0.154. The third-order valence-electron chi connectivity index (χ3n) is 5.15. The minimum Gasteiger partial charge on any atom is -0.382 e. The number of benzene rings is 1. The van der Waals surface area contributed by atoms with Crippen molar-refractivity contribution >= 4 is 23.5 Å². The highest BCUT2D eigenvalue weighted by Gasteiger charge is 2.44. The number of hydrogen-bond acceptors (Lipinski definition) is 5. The van der Waals surface area contributed by atoms with Crippen LogP contribution in [0.25, 0.3) is 11.3 Å². The molecule has 3 aromatic rings. The van der Waals surface area contributed by atoms with Crippen molar-refractivity contribution in [2.75, 3.05) is 11.5 Å². The van der Waals surface area contributed by atoms with Crippen molar-refractivity contribution in [1.82, 2.24) is 15.0 Å². The van der Waals surface area contributed by atoms with Crippen LogP contribution >= 0.6 is 23.5 Å². The van der Waals surface area contributed by atoms with E-state index in [9.17, 15) is 5.11 Å². The Labute approximate surface area is 187 Å². The van der Waals surface area contributed by atoms with Crippen molar-refractivity contribution in [2.45, 2.75) is 43.8 Å². The molecule has 1 atom stereocenters. The van der Waals surface area contributed by atoms with Crippen LogP contribution in [0.15, 0.2) is 54.9 Å². The Kier molecular flexibility index (Phi) is 6.28. The van der Waals surface area contributed by atoms with E-state index in [0.717, 1.165) is 46.9 Å². The normalized spacial score (nSPS) is 17.6. The molecule has 6 heteroatoms. The number of rotatable bonds is 5. The fourth-order valence-electron chi connectivity index (χ4n) is 3.77. The van der Waals surface area contributed by atoms with E-state index in [1.807, 2.05) is 54.1 Å². The molecule has 2 aromatic heterocycles. The highest BCUT2D eigenvalue weighted by molar-refractivity contribution is 8.18. The van der Waals surface area contributed by atoms with Gasteiger partial charge in [-0.25, -0.2) is 4.98 Å². The molecule has 0 radical (unpaired) electrons. The average Bonchev–Trinajstić information content (AvgIpc) is 3.21. The standard InChI is InChI=1S/C24H29N3OS2/c1-23(2,3)15-19-16-26-22(27-19)21(28)24(29-13-6-14-30-24)18-10-8-17(9-11-18)20-7-4-5-12-25-20/h4-5,7-12,16,21,28H,6,13-15H2,1-3H3,(H,26,27). The number of hydrogen-bond donors (Lipinski definition) is 2. The maximum atomic E-state index is 11.5. The quantitative estimate of drug-likeness (QED) is 0.525. The molecule has 0 bridgehead atoms. The van der Waals surface area contributed by atoms with Gasteiger partial charge in [0.2, 0.25) is 0 Å². The van der Waals surface area contributed by atoms with Gasteiger partial charge >= 0.3 is 0 Å². The first kappa shape index (κ1) is 21.5. The fraction of sp³-hybridized carbons (Fsp3) is 0.417. The van der Waals surface area contributed by atoms with Crippen LogP contribution in [0.2, 0.25) is 0 Å². The first-order chi connectivity index (χ1) is 14.4. The minimum atomic E-state index is -0.706. The molecule has 4 nitrogen and oxygen atoms in total. The van der Waals surface area contributed by atoms with Crippen LogP contribution in [0, 0.1) is 5.41 Å². The Bertz CT molecular complexity index is 958. The summed E-state index contributed by atoms with van der Waals surface area (Å²) in [6.07, 6.45) is 5.08. The minimum absolute atomic E-state index is 0.157. The van der Waals surface area contributed by atoms with E-state index in [1.165, 1.54) is 0 Å². The number of imidazole rings is 1. The van der Waals surface area contributed by atoms with Gasteiger partial charge in [0, 0.05) is 18.0 Å². The molecule has 0 saturated carbocycles. The summed E-state index contributed by atoms with van der Waals surface area (Å²) in [5.41, 5.74) is 4.33. The summed E-state index contributed by atoms with van der Waals surface area (Å²) in [6, 6.07) is 14.4. The number of thioether (sulfide) groups is 2. The lowest BCUT2D eigenvalue weighted by Crippen LogP contribution is -2.31.